The lowest BCUT2D eigenvalue weighted by Gasteiger charge is -2.05. The van der Waals surface area contributed by atoms with E-state index in [1.807, 2.05) is 6.07 Å². The fourth-order valence-corrected chi connectivity index (χ4v) is 1.85. The van der Waals surface area contributed by atoms with Crippen molar-refractivity contribution in [3.8, 4) is 5.75 Å². The Kier molecular flexibility index (Phi) is 3.57. The van der Waals surface area contributed by atoms with E-state index >= 15 is 0 Å². The van der Waals surface area contributed by atoms with Gasteiger partial charge in [-0.15, -0.1) is 0 Å². The molecule has 0 radical (unpaired) electrons. The normalized spacial score (nSPS) is 13.3. The Hall–Kier alpha value is -1.35. The van der Waals surface area contributed by atoms with Crippen LogP contribution in [-0.4, -0.2) is 18.9 Å². The van der Waals surface area contributed by atoms with Crippen molar-refractivity contribution in [2.45, 2.75) is 26.3 Å². The Morgan fingerprint density at radius 1 is 1.50 bits per heavy atom. The maximum Gasteiger partial charge on any atom is 0.131 e. The van der Waals surface area contributed by atoms with E-state index in [2.05, 4.69) is 17.4 Å². The number of hydrogen-bond donors (Lipinski definition) is 1. The van der Waals surface area contributed by atoms with Crippen LogP contribution in [0.1, 0.15) is 24.5 Å². The zero-order chi connectivity index (χ0) is 11.4. The summed E-state index contributed by atoms with van der Waals surface area (Å²) in [5, 5.41) is 3.26. The van der Waals surface area contributed by atoms with Gasteiger partial charge < -0.3 is 10.1 Å². The highest BCUT2D eigenvalue weighted by atomic mass is 16.5. The summed E-state index contributed by atoms with van der Waals surface area (Å²) < 4.78 is 5.45. The molecule has 16 heavy (non-hydrogen) atoms. The van der Waals surface area contributed by atoms with Crippen LogP contribution in [0.25, 0.3) is 0 Å². The smallest absolute Gasteiger partial charge is 0.131 e. The van der Waals surface area contributed by atoms with Gasteiger partial charge in [-0.05, 0) is 24.1 Å². The minimum absolute atomic E-state index is 0.231. The van der Waals surface area contributed by atoms with Crippen molar-refractivity contribution < 1.29 is 9.53 Å². The van der Waals surface area contributed by atoms with Crippen LogP contribution in [0.4, 0.5) is 0 Å². The number of nitrogens with one attached hydrogen (secondary N) is 1. The number of Topliss-reactive ketones (excluding diaryl/α,β-unsaturated/α-hetero) is 1. The third-order valence-electron chi connectivity index (χ3n) is 2.74. The Morgan fingerprint density at radius 2 is 2.38 bits per heavy atom. The number of benzene rings is 1. The highest BCUT2D eigenvalue weighted by molar-refractivity contribution is 5.75. The fourth-order valence-electron chi connectivity index (χ4n) is 1.85. The molecule has 3 heteroatoms. The third-order valence-corrected chi connectivity index (χ3v) is 2.74. The van der Waals surface area contributed by atoms with E-state index in [1.165, 1.54) is 11.1 Å². The molecule has 1 aromatic carbocycles. The van der Waals surface area contributed by atoms with Crippen molar-refractivity contribution in [1.82, 2.24) is 5.32 Å². The molecule has 0 bridgehead atoms. The van der Waals surface area contributed by atoms with Crippen LogP contribution in [0, 0.1) is 0 Å². The Labute approximate surface area is 95.8 Å². The second-order valence-electron chi connectivity index (χ2n) is 4.17. The lowest BCUT2D eigenvalue weighted by Crippen LogP contribution is -2.16. The number of carbonyl (C=O) groups is 1. The molecule has 0 aromatic heterocycles. The van der Waals surface area contributed by atoms with Crippen LogP contribution in [0.5, 0.6) is 5.75 Å². The Balaban J connectivity index is 1.83. The van der Waals surface area contributed by atoms with Crippen LogP contribution in [-0.2, 0) is 17.8 Å². The Bertz CT molecular complexity index is 388. The molecule has 2 rings (SSSR count). The van der Waals surface area contributed by atoms with Gasteiger partial charge in [-0.3, -0.25) is 4.79 Å². The predicted octanol–water partition coefficient (Wildman–Crippen LogP) is 1.69. The maximum absolute atomic E-state index is 10.8. The summed E-state index contributed by atoms with van der Waals surface area (Å²) in [4.78, 5) is 10.8. The number of carbonyl (C=O) groups excluding carboxylic acids is 1. The molecule has 0 amide bonds. The van der Waals surface area contributed by atoms with Crippen molar-refractivity contribution in [3.63, 3.8) is 0 Å². The molecule has 0 saturated heterocycles. The van der Waals surface area contributed by atoms with Crippen molar-refractivity contribution in [2.24, 2.45) is 0 Å². The van der Waals surface area contributed by atoms with Gasteiger partial charge in [0.2, 0.25) is 0 Å². The van der Waals surface area contributed by atoms with Crippen LogP contribution in [0.2, 0.25) is 0 Å². The van der Waals surface area contributed by atoms with Crippen molar-refractivity contribution in [1.29, 1.82) is 0 Å². The summed E-state index contributed by atoms with van der Waals surface area (Å²) in [6.45, 7) is 3.99. The summed E-state index contributed by atoms with van der Waals surface area (Å²) >= 11 is 0. The largest absolute Gasteiger partial charge is 0.493 e. The summed E-state index contributed by atoms with van der Waals surface area (Å²) in [6, 6.07) is 6.29. The summed E-state index contributed by atoms with van der Waals surface area (Å²) in [7, 11) is 0. The van der Waals surface area contributed by atoms with E-state index in [1.54, 1.807) is 6.92 Å². The van der Waals surface area contributed by atoms with Crippen LogP contribution < -0.4 is 10.1 Å². The summed E-state index contributed by atoms with van der Waals surface area (Å²) in [5.74, 6) is 1.25. The first-order valence-corrected chi connectivity index (χ1v) is 5.70. The molecule has 0 unspecified atom stereocenters. The average Bonchev–Trinajstić information content (AvgIpc) is 2.71. The SMILES string of the molecule is CC(=O)CCNCc1ccc2c(c1)CCO2. The van der Waals surface area contributed by atoms with E-state index in [-0.39, 0.29) is 5.78 Å². The molecule has 0 atom stereocenters. The monoisotopic (exact) mass is 219 g/mol. The molecule has 0 saturated carbocycles. The van der Waals surface area contributed by atoms with Crippen molar-refractivity contribution >= 4 is 5.78 Å². The predicted molar refractivity (Wildman–Crippen MR) is 62.6 cm³/mol. The van der Waals surface area contributed by atoms with Gasteiger partial charge in [0.25, 0.3) is 0 Å². The van der Waals surface area contributed by atoms with Gasteiger partial charge >= 0.3 is 0 Å². The maximum atomic E-state index is 10.8. The molecular formula is C13H17NO2. The molecule has 1 aromatic rings. The van der Waals surface area contributed by atoms with Crippen molar-refractivity contribution in [2.75, 3.05) is 13.2 Å². The van der Waals surface area contributed by atoms with Crippen LogP contribution in [0.15, 0.2) is 18.2 Å². The molecule has 1 aliphatic heterocycles. The van der Waals surface area contributed by atoms with Gasteiger partial charge in [0.05, 0.1) is 6.61 Å². The topological polar surface area (TPSA) is 38.3 Å². The highest BCUT2D eigenvalue weighted by Crippen LogP contribution is 2.25. The first-order chi connectivity index (χ1) is 7.75. The fraction of sp³-hybridized carbons (Fsp3) is 0.462. The number of fused-ring (bicyclic) bond motifs is 1. The second kappa shape index (κ2) is 5.12. The first kappa shape index (κ1) is 11.1. The van der Waals surface area contributed by atoms with Gasteiger partial charge in [0, 0.05) is 25.9 Å². The molecule has 0 fully saturated rings. The first-order valence-electron chi connectivity index (χ1n) is 5.70. The second-order valence-corrected chi connectivity index (χ2v) is 4.17. The standard InChI is InChI=1S/C13H17NO2/c1-10(15)4-6-14-9-11-2-3-13-12(8-11)5-7-16-13/h2-3,8,14H,4-7,9H2,1H3. The minimum Gasteiger partial charge on any atom is -0.493 e. The number of hydrogen-bond acceptors (Lipinski definition) is 3. The van der Waals surface area contributed by atoms with Gasteiger partial charge in [-0.1, -0.05) is 12.1 Å². The number of ketones is 1. The molecule has 3 nitrogen and oxygen atoms in total. The van der Waals surface area contributed by atoms with Gasteiger partial charge in [-0.25, -0.2) is 0 Å². The van der Waals surface area contributed by atoms with Gasteiger partial charge in [0.15, 0.2) is 0 Å². The minimum atomic E-state index is 0.231. The van der Waals surface area contributed by atoms with E-state index < -0.39 is 0 Å². The zero-order valence-corrected chi connectivity index (χ0v) is 9.58. The Morgan fingerprint density at radius 3 is 3.19 bits per heavy atom. The van der Waals surface area contributed by atoms with E-state index in [0.29, 0.717) is 6.42 Å². The molecule has 0 aliphatic carbocycles. The quantitative estimate of drug-likeness (QED) is 0.766. The molecule has 86 valence electrons. The molecule has 1 heterocycles. The molecule has 1 aliphatic rings. The van der Waals surface area contributed by atoms with Crippen LogP contribution in [0.3, 0.4) is 0 Å². The molecule has 0 spiro atoms. The lowest BCUT2D eigenvalue weighted by atomic mass is 10.1. The van der Waals surface area contributed by atoms with E-state index in [9.17, 15) is 4.79 Å². The summed E-state index contributed by atoms with van der Waals surface area (Å²) in [6.07, 6.45) is 1.62. The van der Waals surface area contributed by atoms with Crippen LogP contribution >= 0.6 is 0 Å². The van der Waals surface area contributed by atoms with E-state index in [0.717, 1.165) is 31.9 Å². The summed E-state index contributed by atoms with van der Waals surface area (Å²) in [5.41, 5.74) is 2.55. The van der Waals surface area contributed by atoms with E-state index in [4.69, 9.17) is 4.74 Å². The number of rotatable bonds is 5. The van der Waals surface area contributed by atoms with Gasteiger partial charge in [-0.2, -0.15) is 0 Å². The average molecular weight is 219 g/mol. The highest BCUT2D eigenvalue weighted by Gasteiger charge is 2.11. The third kappa shape index (κ3) is 2.83. The molecule has 1 N–H and O–H groups in total. The van der Waals surface area contributed by atoms with Gasteiger partial charge in [0.1, 0.15) is 11.5 Å². The molecular weight excluding hydrogens is 202 g/mol. The zero-order valence-electron chi connectivity index (χ0n) is 9.58. The van der Waals surface area contributed by atoms with Crippen molar-refractivity contribution in [3.05, 3.63) is 29.3 Å². The number of ether oxygens (including phenoxy) is 1. The lowest BCUT2D eigenvalue weighted by molar-refractivity contribution is -0.116.